The highest BCUT2D eigenvalue weighted by Crippen LogP contribution is 2.41. The van der Waals surface area contributed by atoms with E-state index in [1.54, 1.807) is 23.5 Å². The molecule has 0 radical (unpaired) electrons. The van der Waals surface area contributed by atoms with Gasteiger partial charge in [0.05, 0.1) is 5.56 Å². The second kappa shape index (κ2) is 6.76. The molecule has 3 aromatic rings. The molecule has 1 aromatic carbocycles. The fraction of sp³-hybridized carbons (Fsp3) is 0.286. The molecular formula is C21H20FN3O2S. The predicted octanol–water partition coefficient (Wildman–Crippen LogP) is 4.38. The topological polar surface area (TPSA) is 57.5 Å². The molecule has 0 unspecified atom stereocenters. The molecule has 2 N–H and O–H groups in total. The lowest BCUT2D eigenvalue weighted by Crippen LogP contribution is -2.38. The van der Waals surface area contributed by atoms with Crippen molar-refractivity contribution in [3.05, 3.63) is 64.0 Å². The Hall–Kier alpha value is -2.64. The van der Waals surface area contributed by atoms with Crippen molar-refractivity contribution in [2.75, 3.05) is 18.4 Å². The van der Waals surface area contributed by atoms with Crippen molar-refractivity contribution in [2.45, 2.75) is 26.1 Å². The molecule has 2 aromatic heterocycles. The molecule has 0 fully saturated rings. The van der Waals surface area contributed by atoms with Crippen LogP contribution in [0.2, 0.25) is 0 Å². The summed E-state index contributed by atoms with van der Waals surface area (Å²) in [6.45, 7) is 5.07. The first-order chi connectivity index (χ1) is 13.6. The van der Waals surface area contributed by atoms with Crippen molar-refractivity contribution < 1.29 is 13.6 Å². The molecule has 28 heavy (non-hydrogen) atoms. The van der Waals surface area contributed by atoms with E-state index in [0.717, 1.165) is 42.2 Å². The normalized spacial score (nSPS) is 18.9. The first kappa shape index (κ1) is 17.5. The number of anilines is 1. The van der Waals surface area contributed by atoms with Gasteiger partial charge in [0.1, 0.15) is 22.3 Å². The third kappa shape index (κ3) is 2.91. The summed E-state index contributed by atoms with van der Waals surface area (Å²) in [6.07, 6.45) is 0.487. The standard InChI is InChI=1S/C21H20FN3O2S/c1-2-25-10-9-14-17(11-25)28-21-18(14)20(26)23-19(24-21)16-8-7-15(27-16)12-3-5-13(22)6-4-12/h3-8,19,24H,2,9-11H2,1H3,(H,23,26)/t19-/m1/s1. The number of fused-ring (bicyclic) bond motifs is 3. The lowest BCUT2D eigenvalue weighted by Gasteiger charge is -2.27. The van der Waals surface area contributed by atoms with Gasteiger partial charge in [0.2, 0.25) is 0 Å². The number of carbonyl (C=O) groups is 1. The fourth-order valence-corrected chi connectivity index (χ4v) is 5.17. The maximum atomic E-state index is 13.1. The number of rotatable bonds is 3. The van der Waals surface area contributed by atoms with Crippen molar-refractivity contribution in [2.24, 2.45) is 0 Å². The highest BCUT2D eigenvalue weighted by molar-refractivity contribution is 7.16. The molecule has 2 aliphatic heterocycles. The van der Waals surface area contributed by atoms with Crippen LogP contribution in [0.5, 0.6) is 0 Å². The number of hydrogen-bond acceptors (Lipinski definition) is 5. The molecule has 1 atom stereocenters. The number of furan rings is 1. The first-order valence-corrected chi connectivity index (χ1v) is 10.2. The molecule has 1 amide bonds. The second-order valence-corrected chi connectivity index (χ2v) is 8.19. The van der Waals surface area contributed by atoms with Crippen LogP contribution in [0.4, 0.5) is 9.39 Å². The Morgan fingerprint density at radius 2 is 2.04 bits per heavy atom. The van der Waals surface area contributed by atoms with E-state index in [2.05, 4.69) is 22.5 Å². The molecule has 5 rings (SSSR count). The van der Waals surface area contributed by atoms with Gasteiger partial charge in [-0.2, -0.15) is 0 Å². The molecule has 0 bridgehead atoms. The average Bonchev–Trinajstić information content (AvgIpc) is 3.32. The minimum Gasteiger partial charge on any atom is -0.457 e. The van der Waals surface area contributed by atoms with Gasteiger partial charge in [-0.05, 0) is 54.9 Å². The van der Waals surface area contributed by atoms with Gasteiger partial charge >= 0.3 is 0 Å². The quantitative estimate of drug-likeness (QED) is 0.689. The fourth-order valence-electron chi connectivity index (χ4n) is 3.86. The van der Waals surface area contributed by atoms with E-state index in [-0.39, 0.29) is 11.7 Å². The zero-order valence-corrected chi connectivity index (χ0v) is 16.2. The lowest BCUT2D eigenvalue weighted by atomic mass is 10.0. The second-order valence-electron chi connectivity index (χ2n) is 7.09. The van der Waals surface area contributed by atoms with Crippen LogP contribution in [-0.2, 0) is 13.0 Å². The van der Waals surface area contributed by atoms with Crippen LogP contribution >= 0.6 is 11.3 Å². The Kier molecular flexibility index (Phi) is 4.21. The van der Waals surface area contributed by atoms with Gasteiger partial charge in [-0.15, -0.1) is 11.3 Å². The van der Waals surface area contributed by atoms with Crippen LogP contribution in [0.3, 0.4) is 0 Å². The van der Waals surface area contributed by atoms with Crippen molar-refractivity contribution >= 4 is 22.2 Å². The zero-order valence-electron chi connectivity index (χ0n) is 15.4. The summed E-state index contributed by atoms with van der Waals surface area (Å²) in [4.78, 5) is 16.5. The number of carbonyl (C=O) groups excluding carboxylic acids is 1. The van der Waals surface area contributed by atoms with Gasteiger partial charge in [0, 0.05) is 23.5 Å². The summed E-state index contributed by atoms with van der Waals surface area (Å²) in [6, 6.07) is 9.84. The molecular weight excluding hydrogens is 377 g/mol. The number of halogens is 1. The first-order valence-electron chi connectivity index (χ1n) is 9.42. The van der Waals surface area contributed by atoms with E-state index in [0.29, 0.717) is 11.5 Å². The Morgan fingerprint density at radius 3 is 2.82 bits per heavy atom. The number of nitrogens with zero attached hydrogens (tertiary/aromatic N) is 1. The third-order valence-corrected chi connectivity index (χ3v) is 6.55. The minimum atomic E-state index is -0.420. The number of thiophene rings is 1. The maximum absolute atomic E-state index is 13.1. The highest BCUT2D eigenvalue weighted by atomic mass is 32.1. The highest BCUT2D eigenvalue weighted by Gasteiger charge is 2.34. The Morgan fingerprint density at radius 1 is 1.21 bits per heavy atom. The monoisotopic (exact) mass is 397 g/mol. The summed E-state index contributed by atoms with van der Waals surface area (Å²) in [7, 11) is 0. The Balaban J connectivity index is 1.42. The molecule has 144 valence electrons. The van der Waals surface area contributed by atoms with Crippen LogP contribution < -0.4 is 10.6 Å². The minimum absolute atomic E-state index is 0.0547. The zero-order chi connectivity index (χ0) is 19.3. The molecule has 5 nitrogen and oxygen atoms in total. The number of benzene rings is 1. The van der Waals surface area contributed by atoms with E-state index >= 15 is 0 Å². The van der Waals surface area contributed by atoms with Crippen molar-refractivity contribution in [1.82, 2.24) is 10.2 Å². The maximum Gasteiger partial charge on any atom is 0.256 e. The molecule has 7 heteroatoms. The van der Waals surface area contributed by atoms with Gasteiger partial charge in [-0.3, -0.25) is 9.69 Å². The van der Waals surface area contributed by atoms with E-state index in [9.17, 15) is 9.18 Å². The predicted molar refractivity (Wildman–Crippen MR) is 107 cm³/mol. The average molecular weight is 397 g/mol. The summed E-state index contributed by atoms with van der Waals surface area (Å²) in [5.41, 5.74) is 2.76. The number of nitrogens with one attached hydrogen (secondary N) is 2. The van der Waals surface area contributed by atoms with E-state index in [1.165, 1.54) is 22.6 Å². The Bertz CT molecular complexity index is 1040. The van der Waals surface area contributed by atoms with Crippen molar-refractivity contribution in [3.63, 3.8) is 0 Å². The summed E-state index contributed by atoms with van der Waals surface area (Å²) < 4.78 is 19.1. The van der Waals surface area contributed by atoms with Crippen LogP contribution in [0.1, 0.15) is 39.6 Å². The smallest absolute Gasteiger partial charge is 0.256 e. The van der Waals surface area contributed by atoms with Gasteiger partial charge in [0.25, 0.3) is 5.91 Å². The van der Waals surface area contributed by atoms with Crippen LogP contribution in [-0.4, -0.2) is 23.9 Å². The third-order valence-electron chi connectivity index (χ3n) is 5.40. The molecule has 0 aliphatic carbocycles. The number of likely N-dealkylation sites (N-methyl/N-ethyl adjacent to an activating group) is 1. The van der Waals surface area contributed by atoms with Crippen molar-refractivity contribution in [1.29, 1.82) is 0 Å². The van der Waals surface area contributed by atoms with E-state index in [4.69, 9.17) is 4.42 Å². The molecule has 2 aliphatic rings. The Labute approximate surface area is 166 Å². The number of amides is 1. The van der Waals surface area contributed by atoms with Crippen molar-refractivity contribution in [3.8, 4) is 11.3 Å². The van der Waals surface area contributed by atoms with E-state index in [1.807, 2.05) is 12.1 Å². The number of hydrogen-bond donors (Lipinski definition) is 2. The SMILES string of the molecule is CCN1CCc2c(sc3c2C(=O)N[C@@H](c2ccc(-c4ccc(F)cc4)o2)N3)C1. The van der Waals surface area contributed by atoms with Crippen LogP contribution in [0.25, 0.3) is 11.3 Å². The van der Waals surface area contributed by atoms with Gasteiger partial charge in [0.15, 0.2) is 6.17 Å². The van der Waals surface area contributed by atoms with Gasteiger partial charge in [-0.1, -0.05) is 6.92 Å². The summed E-state index contributed by atoms with van der Waals surface area (Å²) in [5.74, 6) is 0.925. The molecule has 0 saturated carbocycles. The van der Waals surface area contributed by atoms with Crippen LogP contribution in [0, 0.1) is 5.82 Å². The van der Waals surface area contributed by atoms with Crippen LogP contribution in [0.15, 0.2) is 40.8 Å². The largest absolute Gasteiger partial charge is 0.457 e. The molecule has 4 heterocycles. The summed E-state index contributed by atoms with van der Waals surface area (Å²) in [5, 5.41) is 7.35. The lowest BCUT2D eigenvalue weighted by molar-refractivity contribution is 0.0930. The molecule has 0 spiro atoms. The van der Waals surface area contributed by atoms with Gasteiger partial charge < -0.3 is 15.1 Å². The summed E-state index contributed by atoms with van der Waals surface area (Å²) >= 11 is 1.67. The van der Waals surface area contributed by atoms with E-state index < -0.39 is 6.17 Å². The molecule has 0 saturated heterocycles. The van der Waals surface area contributed by atoms with Gasteiger partial charge in [-0.25, -0.2) is 4.39 Å².